The van der Waals surface area contributed by atoms with E-state index >= 15 is 0 Å². The maximum Gasteiger partial charge on any atom is 0.277 e. The lowest BCUT2D eigenvalue weighted by atomic mass is 9.76. The molecule has 1 saturated heterocycles. The molecule has 0 bridgehead atoms. The van der Waals surface area contributed by atoms with Crippen LogP contribution in [0.25, 0.3) is 0 Å². The maximum atomic E-state index is 13.5. The topological polar surface area (TPSA) is 159 Å². The first-order valence-corrected chi connectivity index (χ1v) is 12.4. The molecule has 174 valence electrons. The SMILES string of the molecule is NS(=O)(=O)N1CCC(Nc2nonc2C(=NO)Nc2ccc(F)c(Br)c2)C2CCCCC21. The first-order chi connectivity index (χ1) is 15.3. The van der Waals surface area contributed by atoms with Gasteiger partial charge >= 0.3 is 0 Å². The third kappa shape index (κ3) is 4.72. The normalized spacial score (nSPS) is 24.7. The van der Waals surface area contributed by atoms with Gasteiger partial charge in [-0.15, -0.1) is 0 Å². The molecule has 2 aromatic rings. The van der Waals surface area contributed by atoms with Crippen LogP contribution in [0.2, 0.25) is 0 Å². The number of nitrogens with two attached hydrogens (primary N) is 1. The van der Waals surface area contributed by atoms with Crippen molar-refractivity contribution in [2.45, 2.75) is 44.2 Å². The van der Waals surface area contributed by atoms with Crippen molar-refractivity contribution < 1.29 is 22.6 Å². The molecular weight excluding hydrogens is 509 g/mol. The predicted octanol–water partition coefficient (Wildman–Crippen LogP) is 2.47. The number of amidine groups is 1. The molecule has 1 aromatic carbocycles. The Morgan fingerprint density at radius 3 is 2.81 bits per heavy atom. The largest absolute Gasteiger partial charge is 0.409 e. The van der Waals surface area contributed by atoms with Crippen LogP contribution in [0.15, 0.2) is 32.5 Å². The molecule has 4 rings (SSSR count). The smallest absolute Gasteiger partial charge is 0.277 e. The molecule has 14 heteroatoms. The molecule has 11 nitrogen and oxygen atoms in total. The van der Waals surface area contributed by atoms with Crippen LogP contribution in [0.4, 0.5) is 15.9 Å². The Morgan fingerprint density at radius 1 is 1.31 bits per heavy atom. The minimum Gasteiger partial charge on any atom is -0.409 e. The number of anilines is 2. The number of fused-ring (bicyclic) bond motifs is 1. The highest BCUT2D eigenvalue weighted by atomic mass is 79.9. The van der Waals surface area contributed by atoms with Crippen LogP contribution in [0.1, 0.15) is 37.8 Å². The van der Waals surface area contributed by atoms with Crippen molar-refractivity contribution in [2.24, 2.45) is 16.2 Å². The van der Waals surface area contributed by atoms with Crippen LogP contribution in [0.3, 0.4) is 0 Å². The van der Waals surface area contributed by atoms with Crippen molar-refractivity contribution in [1.82, 2.24) is 14.6 Å². The highest BCUT2D eigenvalue weighted by Gasteiger charge is 2.43. The average molecular weight is 532 g/mol. The van der Waals surface area contributed by atoms with Gasteiger partial charge < -0.3 is 15.8 Å². The van der Waals surface area contributed by atoms with Gasteiger partial charge in [0.1, 0.15) is 5.82 Å². The van der Waals surface area contributed by atoms with Crippen molar-refractivity contribution in [3.8, 4) is 0 Å². The summed E-state index contributed by atoms with van der Waals surface area (Å²) < 4.78 is 44.1. The molecule has 2 fully saturated rings. The van der Waals surface area contributed by atoms with Crippen molar-refractivity contribution in [3.05, 3.63) is 34.2 Å². The molecule has 1 aliphatic carbocycles. The average Bonchev–Trinajstić information content (AvgIpc) is 3.22. The Bertz CT molecular complexity index is 1110. The highest BCUT2D eigenvalue weighted by molar-refractivity contribution is 9.10. The molecule has 5 N–H and O–H groups in total. The van der Waals surface area contributed by atoms with Gasteiger partial charge in [-0.2, -0.15) is 12.7 Å². The summed E-state index contributed by atoms with van der Waals surface area (Å²) in [6.07, 6.45) is 4.04. The molecule has 1 saturated carbocycles. The second-order valence-corrected chi connectivity index (χ2v) is 10.2. The number of halogens is 2. The number of nitrogens with zero attached hydrogens (tertiary/aromatic N) is 4. The zero-order valence-corrected chi connectivity index (χ0v) is 19.3. The lowest BCUT2D eigenvalue weighted by Crippen LogP contribution is -2.57. The summed E-state index contributed by atoms with van der Waals surface area (Å²) in [6, 6.07) is 3.93. The molecule has 1 aromatic heterocycles. The van der Waals surface area contributed by atoms with Crippen LogP contribution in [-0.2, 0) is 10.2 Å². The van der Waals surface area contributed by atoms with Gasteiger partial charge in [-0.05, 0) is 69.6 Å². The maximum absolute atomic E-state index is 13.5. The molecule has 32 heavy (non-hydrogen) atoms. The van der Waals surface area contributed by atoms with Crippen molar-refractivity contribution in [3.63, 3.8) is 0 Å². The molecule has 3 unspecified atom stereocenters. The number of benzene rings is 1. The van der Waals surface area contributed by atoms with E-state index in [0.29, 0.717) is 18.7 Å². The summed E-state index contributed by atoms with van der Waals surface area (Å²) in [7, 11) is -3.78. The standard InChI is InChI=1S/C18H23BrFN7O4S/c19-12-9-10(5-6-13(12)20)22-17(24-28)16-18(26-31-25-16)23-14-7-8-27(32(21,29)30)15-4-2-1-3-11(14)15/h5-6,9,11,14-15,28H,1-4,7-8H2,(H,22,24)(H,23,26)(H2,21,29,30). The molecule has 2 heterocycles. The van der Waals surface area contributed by atoms with E-state index in [0.717, 1.165) is 25.7 Å². The minimum atomic E-state index is -3.78. The molecule has 0 radical (unpaired) electrons. The van der Waals surface area contributed by atoms with Gasteiger partial charge in [0.05, 0.1) is 4.47 Å². The summed E-state index contributed by atoms with van der Waals surface area (Å²) >= 11 is 3.11. The van der Waals surface area contributed by atoms with Crippen molar-refractivity contribution >= 4 is 43.5 Å². The minimum absolute atomic E-state index is 0.0379. The number of hydrogen-bond donors (Lipinski definition) is 4. The zero-order valence-electron chi connectivity index (χ0n) is 16.9. The summed E-state index contributed by atoms with van der Waals surface area (Å²) in [5.74, 6) is -0.188. The van der Waals surface area contributed by atoms with E-state index in [2.05, 4.69) is 42.0 Å². The number of rotatable bonds is 5. The van der Waals surface area contributed by atoms with Gasteiger partial charge in [0.25, 0.3) is 10.2 Å². The van der Waals surface area contributed by atoms with Crippen molar-refractivity contribution in [2.75, 3.05) is 17.2 Å². The van der Waals surface area contributed by atoms with E-state index in [1.807, 2.05) is 0 Å². The summed E-state index contributed by atoms with van der Waals surface area (Å²) in [6.45, 7) is 0.293. The molecule has 0 spiro atoms. The van der Waals surface area contributed by atoms with E-state index in [9.17, 15) is 18.0 Å². The lowest BCUT2D eigenvalue weighted by Gasteiger charge is -2.46. The van der Waals surface area contributed by atoms with Crippen LogP contribution in [0.5, 0.6) is 0 Å². The highest BCUT2D eigenvalue weighted by Crippen LogP contribution is 2.37. The third-order valence-electron chi connectivity index (χ3n) is 5.97. The summed E-state index contributed by atoms with van der Waals surface area (Å²) in [5, 5.41) is 32.1. The fraction of sp³-hybridized carbons (Fsp3) is 0.500. The van der Waals surface area contributed by atoms with Crippen LogP contribution in [-0.4, -0.2) is 52.7 Å². The van der Waals surface area contributed by atoms with Crippen LogP contribution < -0.4 is 15.8 Å². The number of aromatic nitrogens is 2. The molecule has 3 atom stereocenters. The van der Waals surface area contributed by atoms with E-state index < -0.39 is 16.0 Å². The van der Waals surface area contributed by atoms with Gasteiger partial charge in [-0.3, -0.25) is 0 Å². The van der Waals surface area contributed by atoms with Crippen LogP contribution >= 0.6 is 15.9 Å². The zero-order chi connectivity index (χ0) is 22.9. The van der Waals surface area contributed by atoms with Gasteiger partial charge in [-0.1, -0.05) is 18.0 Å². The van der Waals surface area contributed by atoms with E-state index in [-0.39, 0.29) is 39.8 Å². The Morgan fingerprint density at radius 2 is 2.09 bits per heavy atom. The fourth-order valence-electron chi connectivity index (χ4n) is 4.56. The second-order valence-electron chi connectivity index (χ2n) is 7.87. The number of hydrogen-bond acceptors (Lipinski definition) is 8. The lowest BCUT2D eigenvalue weighted by molar-refractivity contribution is 0.116. The van der Waals surface area contributed by atoms with Gasteiger partial charge in [0, 0.05) is 24.3 Å². The third-order valence-corrected chi connectivity index (χ3v) is 7.69. The molecular formula is C18H23BrFN7O4S. The van der Waals surface area contributed by atoms with E-state index in [1.165, 1.54) is 22.5 Å². The van der Waals surface area contributed by atoms with Gasteiger partial charge in [0.15, 0.2) is 5.69 Å². The summed E-state index contributed by atoms with van der Waals surface area (Å²) in [5.41, 5.74) is 0.586. The Balaban J connectivity index is 1.53. The molecule has 0 amide bonds. The van der Waals surface area contributed by atoms with Crippen LogP contribution in [0, 0.1) is 11.7 Å². The molecule has 2 aliphatic rings. The molecule has 1 aliphatic heterocycles. The number of piperidine rings is 1. The number of nitrogens with one attached hydrogen (secondary N) is 2. The first-order valence-electron chi connectivity index (χ1n) is 10.1. The number of oxime groups is 1. The second kappa shape index (κ2) is 9.29. The van der Waals surface area contributed by atoms with E-state index in [4.69, 9.17) is 9.77 Å². The predicted molar refractivity (Wildman–Crippen MR) is 118 cm³/mol. The van der Waals surface area contributed by atoms with Gasteiger partial charge in [-0.25, -0.2) is 14.2 Å². The van der Waals surface area contributed by atoms with E-state index in [1.54, 1.807) is 0 Å². The van der Waals surface area contributed by atoms with Crippen molar-refractivity contribution in [1.29, 1.82) is 0 Å². The Kier molecular flexibility index (Phi) is 6.65. The van der Waals surface area contributed by atoms with Gasteiger partial charge in [0.2, 0.25) is 11.7 Å². The fourth-order valence-corrected chi connectivity index (χ4v) is 5.94. The Labute approximate surface area is 192 Å². The first kappa shape index (κ1) is 22.9. The quantitative estimate of drug-likeness (QED) is 0.198. The monoisotopic (exact) mass is 531 g/mol. The Hall–Kier alpha value is -2.29. The summed E-state index contributed by atoms with van der Waals surface area (Å²) in [4.78, 5) is 0.